The van der Waals surface area contributed by atoms with Crippen molar-refractivity contribution in [2.24, 2.45) is 0 Å². The summed E-state index contributed by atoms with van der Waals surface area (Å²) in [6.07, 6.45) is 3.27. The van der Waals surface area contributed by atoms with Crippen LogP contribution >= 0.6 is 11.6 Å². The third-order valence-corrected chi connectivity index (χ3v) is 3.62. The molecule has 0 bridgehead atoms. The second-order valence-electron chi connectivity index (χ2n) is 5.44. The van der Waals surface area contributed by atoms with Crippen LogP contribution in [-0.2, 0) is 0 Å². The Morgan fingerprint density at radius 1 is 1.25 bits per heavy atom. The minimum absolute atomic E-state index is 0.0510. The number of anilines is 2. The molecule has 0 saturated heterocycles. The van der Waals surface area contributed by atoms with E-state index in [1.165, 1.54) is 18.2 Å². The summed E-state index contributed by atoms with van der Waals surface area (Å²) >= 11 is 5.71. The number of aryl methyl sites for hydroxylation is 1. The first-order valence-electron chi connectivity index (χ1n) is 7.85. The Bertz CT molecular complexity index is 724. The van der Waals surface area contributed by atoms with Crippen LogP contribution in [0.15, 0.2) is 24.3 Å². The number of aromatic nitrogens is 2. The number of nitrogens with one attached hydrogen (secondary N) is 2. The molecule has 5 nitrogen and oxygen atoms in total. The fraction of sp³-hybridized carbons (Fsp3) is 0.353. The number of carbonyl (C=O) groups is 1. The number of unbranched alkanes of at least 4 members (excludes halogenated alkanes) is 2. The minimum atomic E-state index is -0.536. The molecule has 2 rings (SSSR count). The van der Waals surface area contributed by atoms with Crippen molar-refractivity contribution in [2.45, 2.75) is 33.1 Å². The summed E-state index contributed by atoms with van der Waals surface area (Å²) in [6, 6.07) is 5.59. The van der Waals surface area contributed by atoms with Gasteiger partial charge in [-0.2, -0.15) is 0 Å². The van der Waals surface area contributed by atoms with Gasteiger partial charge in [0, 0.05) is 17.9 Å². The molecule has 0 aliphatic carbocycles. The van der Waals surface area contributed by atoms with Gasteiger partial charge in [0.25, 0.3) is 5.91 Å². The third kappa shape index (κ3) is 5.16. The van der Waals surface area contributed by atoms with Crippen LogP contribution in [0.3, 0.4) is 0 Å². The van der Waals surface area contributed by atoms with E-state index in [4.69, 9.17) is 11.6 Å². The zero-order chi connectivity index (χ0) is 17.5. The molecule has 0 unspecified atom stereocenters. The lowest BCUT2D eigenvalue weighted by molar-refractivity contribution is 0.102. The van der Waals surface area contributed by atoms with Crippen LogP contribution in [-0.4, -0.2) is 22.4 Å². The van der Waals surface area contributed by atoms with Gasteiger partial charge in [-0.25, -0.2) is 14.4 Å². The van der Waals surface area contributed by atoms with Crippen molar-refractivity contribution in [3.05, 3.63) is 46.5 Å². The number of carbonyl (C=O) groups excluding carboxylic acids is 1. The summed E-state index contributed by atoms with van der Waals surface area (Å²) < 4.78 is 13.2. The molecule has 7 heteroatoms. The topological polar surface area (TPSA) is 66.9 Å². The Morgan fingerprint density at radius 3 is 2.75 bits per heavy atom. The summed E-state index contributed by atoms with van der Waals surface area (Å²) in [6.45, 7) is 4.68. The van der Waals surface area contributed by atoms with Gasteiger partial charge >= 0.3 is 0 Å². The number of hydrogen-bond acceptors (Lipinski definition) is 4. The summed E-state index contributed by atoms with van der Waals surface area (Å²) in [4.78, 5) is 20.8. The molecule has 2 N–H and O–H groups in total. The summed E-state index contributed by atoms with van der Waals surface area (Å²) in [5.74, 6) is -0.515. The highest BCUT2D eigenvalue weighted by atomic mass is 35.5. The van der Waals surface area contributed by atoms with Gasteiger partial charge in [-0.1, -0.05) is 31.4 Å². The van der Waals surface area contributed by atoms with Crippen LogP contribution < -0.4 is 10.6 Å². The highest BCUT2D eigenvalue weighted by molar-refractivity contribution is 6.31. The molecule has 1 aromatic carbocycles. The van der Waals surface area contributed by atoms with Crippen molar-refractivity contribution in [1.29, 1.82) is 0 Å². The molecule has 1 aromatic heterocycles. The zero-order valence-corrected chi connectivity index (χ0v) is 14.5. The molecular weight excluding hydrogens is 331 g/mol. The van der Waals surface area contributed by atoms with Crippen LogP contribution in [0, 0.1) is 12.7 Å². The normalized spacial score (nSPS) is 10.5. The van der Waals surface area contributed by atoms with E-state index in [-0.39, 0.29) is 10.7 Å². The number of amides is 1. The lowest BCUT2D eigenvalue weighted by Crippen LogP contribution is -2.16. The van der Waals surface area contributed by atoms with Crippen LogP contribution in [0.1, 0.15) is 42.4 Å². The van der Waals surface area contributed by atoms with Crippen LogP contribution in [0.2, 0.25) is 5.02 Å². The molecular formula is C17H20ClFN4O. The molecule has 0 fully saturated rings. The maximum absolute atomic E-state index is 13.2. The number of rotatable bonds is 7. The molecule has 0 radical (unpaired) electrons. The van der Waals surface area contributed by atoms with E-state index < -0.39 is 11.7 Å². The van der Waals surface area contributed by atoms with Gasteiger partial charge in [0.1, 0.15) is 11.5 Å². The van der Waals surface area contributed by atoms with Crippen molar-refractivity contribution in [3.8, 4) is 0 Å². The Kier molecular flexibility index (Phi) is 6.49. The van der Waals surface area contributed by atoms with Crippen molar-refractivity contribution in [1.82, 2.24) is 9.97 Å². The average molecular weight is 351 g/mol. The van der Waals surface area contributed by atoms with Crippen LogP contribution in [0.25, 0.3) is 0 Å². The number of nitrogens with zero attached hydrogens (tertiary/aromatic N) is 2. The summed E-state index contributed by atoms with van der Waals surface area (Å²) in [5, 5.41) is 5.72. The quantitative estimate of drug-likeness (QED) is 0.725. The molecule has 0 aliphatic rings. The molecule has 128 valence electrons. The lowest BCUT2D eigenvalue weighted by Gasteiger charge is -2.09. The molecule has 0 spiro atoms. The van der Waals surface area contributed by atoms with E-state index in [1.54, 1.807) is 13.0 Å². The Hall–Kier alpha value is -2.21. The Morgan fingerprint density at radius 2 is 2.04 bits per heavy atom. The zero-order valence-electron chi connectivity index (χ0n) is 13.7. The van der Waals surface area contributed by atoms with Crippen LogP contribution in [0.4, 0.5) is 16.0 Å². The number of benzene rings is 1. The number of halogens is 2. The predicted octanol–water partition coefficient (Wildman–Crippen LogP) is 4.43. The fourth-order valence-corrected chi connectivity index (χ4v) is 2.29. The van der Waals surface area contributed by atoms with Gasteiger partial charge in [-0.05, 0) is 37.6 Å². The minimum Gasteiger partial charge on any atom is -0.354 e. The van der Waals surface area contributed by atoms with Gasteiger partial charge < -0.3 is 10.6 Å². The summed E-state index contributed by atoms with van der Waals surface area (Å²) in [5.41, 5.74) is 1.33. The SMILES string of the molecule is CCCCCNc1nc(C)cc(C(=O)Nc2ccc(F)c(Cl)c2)n1. The van der Waals surface area contributed by atoms with Gasteiger partial charge in [-0.15, -0.1) is 0 Å². The van der Waals surface area contributed by atoms with E-state index in [0.29, 0.717) is 17.3 Å². The standard InChI is InChI=1S/C17H20ClFN4O/c1-3-4-5-8-20-17-21-11(2)9-15(23-17)16(24)22-12-6-7-14(19)13(18)10-12/h6-7,9-10H,3-5,8H2,1-2H3,(H,22,24)(H,20,21,23). The van der Waals surface area contributed by atoms with Crippen molar-refractivity contribution >= 4 is 29.1 Å². The molecule has 1 amide bonds. The first kappa shape index (κ1) is 18.1. The fourth-order valence-electron chi connectivity index (χ4n) is 2.11. The van der Waals surface area contributed by atoms with Crippen molar-refractivity contribution in [3.63, 3.8) is 0 Å². The first-order valence-corrected chi connectivity index (χ1v) is 8.23. The Labute approximate surface area is 145 Å². The molecule has 0 atom stereocenters. The van der Waals surface area contributed by atoms with Gasteiger partial charge in [0.15, 0.2) is 0 Å². The van der Waals surface area contributed by atoms with E-state index >= 15 is 0 Å². The number of hydrogen-bond donors (Lipinski definition) is 2. The monoisotopic (exact) mass is 350 g/mol. The molecule has 1 heterocycles. The van der Waals surface area contributed by atoms with E-state index in [1.807, 2.05) is 0 Å². The van der Waals surface area contributed by atoms with Crippen LogP contribution in [0.5, 0.6) is 0 Å². The second-order valence-corrected chi connectivity index (χ2v) is 5.84. The molecule has 0 aliphatic heterocycles. The highest BCUT2D eigenvalue weighted by Crippen LogP contribution is 2.20. The molecule has 24 heavy (non-hydrogen) atoms. The first-order chi connectivity index (χ1) is 11.5. The maximum atomic E-state index is 13.2. The predicted molar refractivity (Wildman–Crippen MR) is 94.1 cm³/mol. The van der Waals surface area contributed by atoms with Crippen molar-refractivity contribution in [2.75, 3.05) is 17.2 Å². The molecule has 2 aromatic rings. The van der Waals surface area contributed by atoms with Gasteiger partial charge in [0.2, 0.25) is 5.95 Å². The van der Waals surface area contributed by atoms with Gasteiger partial charge in [-0.3, -0.25) is 4.79 Å². The van der Waals surface area contributed by atoms with E-state index in [2.05, 4.69) is 27.5 Å². The van der Waals surface area contributed by atoms with Gasteiger partial charge in [0.05, 0.1) is 5.02 Å². The maximum Gasteiger partial charge on any atom is 0.274 e. The average Bonchev–Trinajstić information content (AvgIpc) is 2.54. The van der Waals surface area contributed by atoms with Crippen molar-refractivity contribution < 1.29 is 9.18 Å². The third-order valence-electron chi connectivity index (χ3n) is 3.33. The second kappa shape index (κ2) is 8.59. The summed E-state index contributed by atoms with van der Waals surface area (Å²) in [7, 11) is 0. The highest BCUT2D eigenvalue weighted by Gasteiger charge is 2.12. The lowest BCUT2D eigenvalue weighted by atomic mass is 10.2. The van der Waals surface area contributed by atoms with E-state index in [0.717, 1.165) is 25.8 Å². The van der Waals surface area contributed by atoms with E-state index in [9.17, 15) is 9.18 Å². The Balaban J connectivity index is 2.07. The largest absolute Gasteiger partial charge is 0.354 e. The smallest absolute Gasteiger partial charge is 0.274 e. The molecule has 0 saturated carbocycles.